The van der Waals surface area contributed by atoms with E-state index in [1.807, 2.05) is 18.2 Å². The molecule has 4 fully saturated rings. The molecule has 4 heteroatoms. The van der Waals surface area contributed by atoms with Crippen molar-refractivity contribution in [2.45, 2.75) is 136 Å². The van der Waals surface area contributed by atoms with Crippen LogP contribution >= 0.6 is 11.9 Å². The summed E-state index contributed by atoms with van der Waals surface area (Å²) in [6.07, 6.45) is 19.5. The number of carbonyl (C=O) groups is 1. The van der Waals surface area contributed by atoms with Gasteiger partial charge in [0.05, 0.1) is 0 Å². The second-order valence-electron chi connectivity index (χ2n) is 14.3. The van der Waals surface area contributed by atoms with E-state index in [1.165, 1.54) is 95.4 Å². The van der Waals surface area contributed by atoms with Gasteiger partial charge in [0, 0.05) is 17.9 Å². The number of aliphatic hydroxyl groups excluding tert-OH is 1. The molecule has 4 aliphatic rings. The standard InChI is InChI=1S/C32H49NOS.C4H10.CH4O/c1-5-23-21-26-28-17-16-24(15-14-22(2)30(34)33-35-25-11-7-6-8-12-25)31(28,3)20-18-29(26)32(4)19-10-9-13-27(23)32;1-3-4-2;1-2/h6-8,11-12,22-24,26-29H,5,9-10,13-21H2,1-4H3,(H,33,34);3-4H2,1-2H3;2H,1H3/t22?,23-,24?,26?,27?,28?,29?,31?,32?;;/m0../s1. The normalized spacial score (nSPS) is 36.2. The molecule has 0 saturated heterocycles. The largest absolute Gasteiger partial charge is 0.400 e. The first-order valence-corrected chi connectivity index (χ1v) is 18.1. The molecule has 234 valence electrons. The molecule has 1 amide bonds. The summed E-state index contributed by atoms with van der Waals surface area (Å²) in [5, 5.41) is 7.00. The van der Waals surface area contributed by atoms with E-state index in [4.69, 9.17) is 5.11 Å². The van der Waals surface area contributed by atoms with Crippen molar-refractivity contribution in [3.8, 4) is 0 Å². The molecule has 9 atom stereocenters. The number of rotatable bonds is 8. The fourth-order valence-electron chi connectivity index (χ4n) is 9.88. The highest BCUT2D eigenvalue weighted by molar-refractivity contribution is 7.98. The molecular weight excluding hydrogens is 522 g/mol. The Balaban J connectivity index is 0.000000710. The molecule has 4 aliphatic carbocycles. The summed E-state index contributed by atoms with van der Waals surface area (Å²) in [6.45, 7) is 14.3. The Kier molecular flexibility index (Phi) is 13.6. The molecule has 3 nitrogen and oxygen atoms in total. The van der Waals surface area contributed by atoms with E-state index in [0.717, 1.165) is 53.9 Å². The smallest absolute Gasteiger partial charge is 0.232 e. The summed E-state index contributed by atoms with van der Waals surface area (Å²) in [6, 6.07) is 10.2. The van der Waals surface area contributed by atoms with Crippen LogP contribution < -0.4 is 4.72 Å². The lowest BCUT2D eigenvalue weighted by Crippen LogP contribution is -2.55. The fourth-order valence-corrected chi connectivity index (χ4v) is 10.6. The van der Waals surface area contributed by atoms with Crippen LogP contribution in [-0.2, 0) is 4.79 Å². The molecule has 5 rings (SSSR count). The summed E-state index contributed by atoms with van der Waals surface area (Å²) < 4.78 is 3.10. The maximum atomic E-state index is 12.8. The lowest BCUT2D eigenvalue weighted by Gasteiger charge is -2.62. The maximum Gasteiger partial charge on any atom is 0.232 e. The average molecular weight is 586 g/mol. The van der Waals surface area contributed by atoms with Crippen LogP contribution in [0.3, 0.4) is 0 Å². The molecular formula is C37H63NO2S. The third-order valence-electron chi connectivity index (χ3n) is 12.4. The van der Waals surface area contributed by atoms with Gasteiger partial charge in [-0.25, -0.2) is 0 Å². The van der Waals surface area contributed by atoms with E-state index in [1.54, 1.807) is 0 Å². The number of aliphatic hydroxyl groups is 1. The minimum Gasteiger partial charge on any atom is -0.400 e. The Morgan fingerprint density at radius 2 is 1.61 bits per heavy atom. The lowest BCUT2D eigenvalue weighted by molar-refractivity contribution is -0.136. The van der Waals surface area contributed by atoms with E-state index in [9.17, 15) is 4.79 Å². The Bertz CT molecular complexity index is 905. The highest BCUT2D eigenvalue weighted by Crippen LogP contribution is 2.69. The maximum absolute atomic E-state index is 12.8. The number of nitrogens with one attached hydrogen (secondary N) is 1. The van der Waals surface area contributed by atoms with Gasteiger partial charge in [0.1, 0.15) is 0 Å². The Hall–Kier alpha value is -1.00. The zero-order valence-electron chi connectivity index (χ0n) is 27.6. The number of hydrogen-bond acceptors (Lipinski definition) is 3. The summed E-state index contributed by atoms with van der Waals surface area (Å²) >= 11 is 1.46. The molecule has 8 unspecified atom stereocenters. The summed E-state index contributed by atoms with van der Waals surface area (Å²) in [5.41, 5.74) is 1.12. The first kappa shape index (κ1) is 34.5. The van der Waals surface area contributed by atoms with Crippen molar-refractivity contribution in [3.63, 3.8) is 0 Å². The first-order valence-electron chi connectivity index (χ1n) is 17.2. The van der Waals surface area contributed by atoms with E-state index in [0.29, 0.717) is 10.8 Å². The molecule has 0 heterocycles. The molecule has 1 aromatic carbocycles. The zero-order valence-corrected chi connectivity index (χ0v) is 28.4. The molecule has 0 spiro atoms. The number of benzene rings is 1. The van der Waals surface area contributed by atoms with Crippen LogP contribution in [0.1, 0.15) is 131 Å². The third-order valence-corrected chi connectivity index (χ3v) is 13.2. The van der Waals surface area contributed by atoms with Crippen LogP contribution in [0.25, 0.3) is 0 Å². The molecule has 4 saturated carbocycles. The van der Waals surface area contributed by atoms with Gasteiger partial charge in [-0.3, -0.25) is 9.52 Å². The van der Waals surface area contributed by atoms with Crippen molar-refractivity contribution in [2.75, 3.05) is 7.11 Å². The van der Waals surface area contributed by atoms with Gasteiger partial charge in [-0.1, -0.05) is 91.8 Å². The second kappa shape index (κ2) is 16.2. The highest BCUT2D eigenvalue weighted by Gasteiger charge is 2.61. The van der Waals surface area contributed by atoms with Crippen LogP contribution in [0.5, 0.6) is 0 Å². The SMILES string of the molecule is CCCC.CC[C@H]1CC2C3CCC(CCC(C)C(=O)NSc4ccccc4)C3(C)CCC2C2(C)CCCCC12.CO. The number of fused-ring (bicyclic) bond motifs is 5. The summed E-state index contributed by atoms with van der Waals surface area (Å²) in [7, 11) is 1.00. The van der Waals surface area contributed by atoms with Gasteiger partial charge >= 0.3 is 0 Å². The van der Waals surface area contributed by atoms with Crippen molar-refractivity contribution < 1.29 is 9.90 Å². The topological polar surface area (TPSA) is 49.3 Å². The monoisotopic (exact) mass is 585 g/mol. The summed E-state index contributed by atoms with van der Waals surface area (Å²) in [5.74, 6) is 5.92. The number of amides is 1. The van der Waals surface area contributed by atoms with Crippen LogP contribution in [0.2, 0.25) is 0 Å². The van der Waals surface area contributed by atoms with Crippen LogP contribution in [0, 0.1) is 52.3 Å². The predicted molar refractivity (Wildman–Crippen MR) is 177 cm³/mol. The quantitative estimate of drug-likeness (QED) is 0.298. The minimum atomic E-state index is 0.0891. The zero-order chi connectivity index (χ0) is 30.0. The lowest BCUT2D eigenvalue weighted by atomic mass is 9.42. The van der Waals surface area contributed by atoms with Crippen LogP contribution in [0.15, 0.2) is 35.2 Å². The molecule has 2 N–H and O–H groups in total. The van der Waals surface area contributed by atoms with Gasteiger partial charge < -0.3 is 5.11 Å². The van der Waals surface area contributed by atoms with Crippen molar-refractivity contribution in [1.29, 1.82) is 0 Å². The van der Waals surface area contributed by atoms with Crippen LogP contribution in [0.4, 0.5) is 0 Å². The van der Waals surface area contributed by atoms with Crippen molar-refractivity contribution in [2.24, 2.45) is 52.3 Å². The minimum absolute atomic E-state index is 0.0891. The summed E-state index contributed by atoms with van der Waals surface area (Å²) in [4.78, 5) is 13.9. The van der Waals surface area contributed by atoms with E-state index >= 15 is 0 Å². The van der Waals surface area contributed by atoms with E-state index in [2.05, 4.69) is 58.4 Å². The number of hydrogen-bond donors (Lipinski definition) is 2. The van der Waals surface area contributed by atoms with Gasteiger partial charge in [0.15, 0.2) is 0 Å². The molecule has 0 bridgehead atoms. The van der Waals surface area contributed by atoms with Gasteiger partial charge in [-0.15, -0.1) is 0 Å². The van der Waals surface area contributed by atoms with Gasteiger partial charge in [0.2, 0.25) is 5.91 Å². The molecule has 0 aliphatic heterocycles. The molecule has 41 heavy (non-hydrogen) atoms. The van der Waals surface area contributed by atoms with Crippen molar-refractivity contribution in [1.82, 2.24) is 4.72 Å². The van der Waals surface area contributed by atoms with Gasteiger partial charge in [-0.05, 0) is 128 Å². The Morgan fingerprint density at radius 1 is 0.927 bits per heavy atom. The van der Waals surface area contributed by atoms with E-state index < -0.39 is 0 Å². The van der Waals surface area contributed by atoms with Crippen molar-refractivity contribution >= 4 is 17.9 Å². The predicted octanol–water partition coefficient (Wildman–Crippen LogP) is 10.3. The third kappa shape index (κ3) is 7.75. The van der Waals surface area contributed by atoms with Gasteiger partial charge in [-0.2, -0.15) is 0 Å². The Morgan fingerprint density at radius 3 is 2.27 bits per heavy atom. The molecule has 1 aromatic rings. The first-order chi connectivity index (χ1) is 19.8. The Labute approximate surface area is 257 Å². The van der Waals surface area contributed by atoms with Crippen LogP contribution in [-0.4, -0.2) is 18.1 Å². The van der Waals surface area contributed by atoms with E-state index in [-0.39, 0.29) is 11.8 Å². The second-order valence-corrected chi connectivity index (χ2v) is 15.2. The fraction of sp³-hybridized carbons (Fsp3) is 0.811. The molecule has 0 aromatic heterocycles. The molecule has 0 radical (unpaired) electrons. The van der Waals surface area contributed by atoms with Gasteiger partial charge in [0.25, 0.3) is 0 Å². The average Bonchev–Trinajstić information content (AvgIpc) is 3.35. The van der Waals surface area contributed by atoms with Crippen molar-refractivity contribution in [3.05, 3.63) is 30.3 Å². The highest BCUT2D eigenvalue weighted by atomic mass is 32.2. The number of unbranched alkanes of at least 4 members (excludes halogenated alkanes) is 1. The number of carbonyl (C=O) groups excluding carboxylic acids is 1.